The maximum atomic E-state index is 12.7. The number of methoxy groups -OCH3 is 1. The van der Waals surface area contributed by atoms with Crippen LogP contribution in [0, 0.1) is 13.8 Å². The summed E-state index contributed by atoms with van der Waals surface area (Å²) in [5.74, 6) is -1.01. The van der Waals surface area contributed by atoms with Gasteiger partial charge in [0.15, 0.2) is 6.61 Å². The van der Waals surface area contributed by atoms with Gasteiger partial charge in [0.1, 0.15) is 12.3 Å². The van der Waals surface area contributed by atoms with Crippen LogP contribution >= 0.6 is 11.8 Å². The van der Waals surface area contributed by atoms with Crippen molar-refractivity contribution in [2.45, 2.75) is 13.8 Å². The number of hydrogen-bond acceptors (Lipinski definition) is 7. The normalized spacial score (nSPS) is 14.6. The van der Waals surface area contributed by atoms with Crippen molar-refractivity contribution in [2.75, 3.05) is 25.6 Å². The molecule has 0 atom stereocenters. The number of rotatable bonds is 7. The van der Waals surface area contributed by atoms with Crippen LogP contribution in [-0.4, -0.2) is 48.2 Å². The summed E-state index contributed by atoms with van der Waals surface area (Å²) in [6.45, 7) is 3.25. The molecule has 1 saturated heterocycles. The van der Waals surface area contributed by atoms with Crippen molar-refractivity contribution < 1.29 is 28.7 Å². The Labute approximate surface area is 189 Å². The van der Waals surface area contributed by atoms with E-state index in [1.807, 2.05) is 26.0 Å². The van der Waals surface area contributed by atoms with Crippen molar-refractivity contribution in [3.63, 3.8) is 0 Å². The van der Waals surface area contributed by atoms with E-state index in [0.29, 0.717) is 17.0 Å². The van der Waals surface area contributed by atoms with E-state index in [4.69, 9.17) is 4.74 Å². The Morgan fingerprint density at radius 3 is 2.50 bits per heavy atom. The molecule has 3 amide bonds. The molecule has 0 radical (unpaired) electrons. The molecule has 9 heteroatoms. The van der Waals surface area contributed by atoms with Crippen LogP contribution in [0.15, 0.2) is 47.4 Å². The topological polar surface area (TPSA) is 102 Å². The summed E-state index contributed by atoms with van der Waals surface area (Å²) in [5.41, 5.74) is 3.26. The van der Waals surface area contributed by atoms with Crippen molar-refractivity contribution >= 4 is 46.5 Å². The molecule has 0 bridgehead atoms. The number of hydrogen-bond donors (Lipinski definition) is 1. The number of carbonyl (C=O) groups excluding carboxylic acids is 4. The van der Waals surface area contributed by atoms with Crippen molar-refractivity contribution in [1.29, 1.82) is 0 Å². The lowest BCUT2D eigenvalue weighted by Gasteiger charge is -2.14. The molecule has 2 aromatic rings. The smallest absolute Gasteiger partial charge is 0.343 e. The molecule has 1 fully saturated rings. The first-order valence-corrected chi connectivity index (χ1v) is 10.5. The fourth-order valence-corrected chi connectivity index (χ4v) is 3.71. The highest BCUT2D eigenvalue weighted by atomic mass is 32.2. The molecule has 166 valence electrons. The Kier molecular flexibility index (Phi) is 7.32. The van der Waals surface area contributed by atoms with Crippen LogP contribution in [0.4, 0.5) is 10.5 Å². The van der Waals surface area contributed by atoms with Crippen LogP contribution in [0.1, 0.15) is 16.7 Å². The number of aryl methyl sites for hydroxylation is 1. The molecule has 0 saturated carbocycles. The molecular formula is C23H22N2O6S. The number of imide groups is 1. The Morgan fingerprint density at radius 2 is 1.81 bits per heavy atom. The van der Waals surface area contributed by atoms with E-state index in [1.54, 1.807) is 36.4 Å². The molecule has 1 heterocycles. The van der Waals surface area contributed by atoms with Crippen molar-refractivity contribution in [3.8, 4) is 5.75 Å². The quantitative estimate of drug-likeness (QED) is 0.504. The standard InChI is InChI=1S/C23H22N2O6S/c1-14-5-4-6-18(15(14)2)24-20(26)12-25-22(28)19(32-23(25)29)11-16-7-9-17(10-8-16)31-13-21(27)30-3/h4-11H,12-13H2,1-3H3,(H,24,26)/b19-11-. The number of thioether (sulfide) groups is 1. The lowest BCUT2D eigenvalue weighted by atomic mass is 10.1. The third-order valence-corrected chi connectivity index (χ3v) is 5.72. The highest BCUT2D eigenvalue weighted by molar-refractivity contribution is 8.18. The molecule has 2 aromatic carbocycles. The molecule has 32 heavy (non-hydrogen) atoms. The molecule has 8 nitrogen and oxygen atoms in total. The second kappa shape index (κ2) is 10.1. The van der Waals surface area contributed by atoms with E-state index < -0.39 is 23.0 Å². The summed E-state index contributed by atoms with van der Waals surface area (Å²) in [6.07, 6.45) is 1.57. The first kappa shape index (κ1) is 23.1. The average molecular weight is 455 g/mol. The number of benzene rings is 2. The van der Waals surface area contributed by atoms with Gasteiger partial charge < -0.3 is 14.8 Å². The minimum absolute atomic E-state index is 0.209. The van der Waals surface area contributed by atoms with Gasteiger partial charge in [0.25, 0.3) is 11.1 Å². The number of nitrogens with zero attached hydrogens (tertiary/aromatic N) is 1. The predicted octanol–water partition coefficient (Wildman–Crippen LogP) is 3.53. The van der Waals surface area contributed by atoms with Gasteiger partial charge in [0, 0.05) is 5.69 Å². The second-order valence-corrected chi connectivity index (χ2v) is 7.99. The Morgan fingerprint density at radius 1 is 1.09 bits per heavy atom. The molecule has 1 aliphatic rings. The largest absolute Gasteiger partial charge is 0.482 e. The van der Waals surface area contributed by atoms with E-state index in [1.165, 1.54) is 7.11 Å². The predicted molar refractivity (Wildman–Crippen MR) is 121 cm³/mol. The lowest BCUT2D eigenvalue weighted by Crippen LogP contribution is -2.36. The van der Waals surface area contributed by atoms with Crippen LogP contribution in [0.2, 0.25) is 0 Å². The van der Waals surface area contributed by atoms with Crippen molar-refractivity contribution in [1.82, 2.24) is 4.90 Å². The molecule has 0 unspecified atom stereocenters. The van der Waals surface area contributed by atoms with E-state index in [0.717, 1.165) is 27.8 Å². The van der Waals surface area contributed by atoms with Crippen LogP contribution in [0.25, 0.3) is 6.08 Å². The van der Waals surface area contributed by atoms with E-state index in [2.05, 4.69) is 10.1 Å². The van der Waals surface area contributed by atoms with Crippen molar-refractivity contribution in [3.05, 3.63) is 64.1 Å². The van der Waals surface area contributed by atoms with Gasteiger partial charge in [-0.15, -0.1) is 0 Å². The van der Waals surface area contributed by atoms with Gasteiger partial charge in [0.05, 0.1) is 12.0 Å². The summed E-state index contributed by atoms with van der Waals surface area (Å²) in [6, 6.07) is 12.2. The summed E-state index contributed by atoms with van der Waals surface area (Å²) in [7, 11) is 1.27. The highest BCUT2D eigenvalue weighted by Crippen LogP contribution is 2.32. The van der Waals surface area contributed by atoms with Crippen LogP contribution in [0.3, 0.4) is 0 Å². The van der Waals surface area contributed by atoms with Gasteiger partial charge in [-0.25, -0.2) is 4.79 Å². The average Bonchev–Trinajstić information content (AvgIpc) is 3.03. The third-order valence-electron chi connectivity index (χ3n) is 4.82. The minimum Gasteiger partial charge on any atom is -0.482 e. The molecule has 1 aliphatic heterocycles. The van der Waals surface area contributed by atoms with Gasteiger partial charge in [0.2, 0.25) is 5.91 Å². The Balaban J connectivity index is 1.63. The number of esters is 1. The van der Waals surface area contributed by atoms with Gasteiger partial charge in [-0.2, -0.15) is 0 Å². The number of carbonyl (C=O) groups is 4. The van der Waals surface area contributed by atoms with E-state index in [-0.39, 0.29) is 18.1 Å². The molecule has 0 aromatic heterocycles. The first-order valence-electron chi connectivity index (χ1n) is 9.69. The summed E-state index contributed by atoms with van der Waals surface area (Å²) in [4.78, 5) is 49.7. The SMILES string of the molecule is COC(=O)COc1ccc(/C=C2\SC(=O)N(CC(=O)Nc3cccc(C)c3C)C2=O)cc1. The molecule has 0 aliphatic carbocycles. The highest BCUT2D eigenvalue weighted by Gasteiger charge is 2.36. The fourth-order valence-electron chi connectivity index (χ4n) is 2.87. The zero-order chi connectivity index (χ0) is 23.3. The number of ether oxygens (including phenoxy) is 2. The van der Waals surface area contributed by atoms with E-state index in [9.17, 15) is 19.2 Å². The molecule has 0 spiro atoms. The summed E-state index contributed by atoms with van der Waals surface area (Å²) in [5, 5.41) is 2.25. The summed E-state index contributed by atoms with van der Waals surface area (Å²) >= 11 is 0.778. The van der Waals surface area contributed by atoms with Crippen LogP contribution in [0.5, 0.6) is 5.75 Å². The molecule has 3 rings (SSSR count). The summed E-state index contributed by atoms with van der Waals surface area (Å²) < 4.78 is 9.78. The van der Waals surface area contributed by atoms with Crippen LogP contribution in [-0.2, 0) is 19.1 Å². The van der Waals surface area contributed by atoms with Gasteiger partial charge in [-0.05, 0) is 66.6 Å². The Hall–Kier alpha value is -3.59. The zero-order valence-corrected chi connectivity index (χ0v) is 18.7. The van der Waals surface area contributed by atoms with Crippen LogP contribution < -0.4 is 10.1 Å². The Bertz CT molecular complexity index is 1090. The number of amides is 3. The monoisotopic (exact) mass is 454 g/mol. The fraction of sp³-hybridized carbons (Fsp3) is 0.217. The van der Waals surface area contributed by atoms with E-state index >= 15 is 0 Å². The number of anilines is 1. The zero-order valence-electron chi connectivity index (χ0n) is 17.8. The van der Waals surface area contributed by atoms with Gasteiger partial charge >= 0.3 is 5.97 Å². The molecular weight excluding hydrogens is 432 g/mol. The van der Waals surface area contributed by atoms with Crippen molar-refractivity contribution in [2.24, 2.45) is 0 Å². The third kappa shape index (κ3) is 5.55. The molecule has 1 N–H and O–H groups in total. The van der Waals surface area contributed by atoms with Gasteiger partial charge in [-0.1, -0.05) is 24.3 Å². The second-order valence-electron chi connectivity index (χ2n) is 7.00. The minimum atomic E-state index is -0.526. The maximum Gasteiger partial charge on any atom is 0.343 e. The first-order chi connectivity index (χ1) is 15.3. The lowest BCUT2D eigenvalue weighted by molar-refractivity contribution is -0.142. The number of nitrogens with one attached hydrogen (secondary N) is 1. The van der Waals surface area contributed by atoms with Gasteiger partial charge in [-0.3, -0.25) is 19.3 Å². The maximum absolute atomic E-state index is 12.7.